The number of nitrogens with one attached hydrogen (secondary N) is 1. The summed E-state index contributed by atoms with van der Waals surface area (Å²) < 4.78 is 0. The number of aromatic amines is 1. The van der Waals surface area contributed by atoms with Crippen LogP contribution in [-0.4, -0.2) is 9.97 Å². The van der Waals surface area contributed by atoms with Gasteiger partial charge in [0.2, 0.25) is 0 Å². The fourth-order valence-corrected chi connectivity index (χ4v) is 3.65. The molecule has 100 valence electrons. The van der Waals surface area contributed by atoms with Crippen LogP contribution in [0.15, 0.2) is 0 Å². The molecule has 1 N–H and O–H groups in total. The molecule has 2 aliphatic rings. The highest BCUT2D eigenvalue weighted by Gasteiger charge is 2.20. The summed E-state index contributed by atoms with van der Waals surface area (Å²) in [4.78, 5) is 8.41. The normalized spacial score (nSPS) is 25.1. The summed E-state index contributed by atoms with van der Waals surface area (Å²) in [5.74, 6) is 3.07. The topological polar surface area (TPSA) is 28.7 Å². The molecule has 1 heterocycles. The van der Waals surface area contributed by atoms with E-state index in [9.17, 15) is 0 Å². The first kappa shape index (κ1) is 12.3. The Morgan fingerprint density at radius 2 is 2.00 bits per heavy atom. The SMILES string of the molecule is CC1CCc2nc(CCC3CCCCC3)[nH]c2C1. The predicted octanol–water partition coefficient (Wildman–Crippen LogP) is 4.05. The number of hydrogen-bond donors (Lipinski definition) is 1. The van der Waals surface area contributed by atoms with Crippen molar-refractivity contribution in [2.45, 2.75) is 71.1 Å². The smallest absolute Gasteiger partial charge is 0.106 e. The van der Waals surface area contributed by atoms with Crippen LogP contribution in [0.5, 0.6) is 0 Å². The molecule has 0 amide bonds. The maximum atomic E-state index is 4.81. The maximum Gasteiger partial charge on any atom is 0.106 e. The standard InChI is InChI=1S/C16H26N2/c1-12-7-9-14-15(11-12)18-16(17-14)10-8-13-5-3-2-4-6-13/h12-13H,2-11H2,1H3,(H,17,18). The molecule has 0 radical (unpaired) electrons. The molecule has 1 atom stereocenters. The van der Waals surface area contributed by atoms with E-state index in [4.69, 9.17) is 4.98 Å². The van der Waals surface area contributed by atoms with E-state index in [0.29, 0.717) is 0 Å². The lowest BCUT2D eigenvalue weighted by Crippen LogP contribution is -2.10. The summed E-state index contributed by atoms with van der Waals surface area (Å²) in [5, 5.41) is 0. The Kier molecular flexibility index (Phi) is 3.72. The Morgan fingerprint density at radius 3 is 2.83 bits per heavy atom. The molecule has 0 spiro atoms. The largest absolute Gasteiger partial charge is 0.346 e. The molecule has 3 rings (SSSR count). The molecule has 1 aromatic rings. The number of fused-ring (bicyclic) bond motifs is 1. The van der Waals surface area contributed by atoms with Crippen LogP contribution in [0.25, 0.3) is 0 Å². The van der Waals surface area contributed by atoms with Crippen molar-refractivity contribution in [1.29, 1.82) is 0 Å². The first-order valence-corrected chi connectivity index (χ1v) is 7.88. The van der Waals surface area contributed by atoms with Crippen molar-refractivity contribution in [3.05, 3.63) is 17.2 Å². The number of nitrogens with zero attached hydrogens (tertiary/aromatic N) is 1. The zero-order valence-electron chi connectivity index (χ0n) is 11.7. The monoisotopic (exact) mass is 246 g/mol. The van der Waals surface area contributed by atoms with Gasteiger partial charge in [-0.25, -0.2) is 4.98 Å². The molecule has 2 aliphatic carbocycles. The van der Waals surface area contributed by atoms with Gasteiger partial charge in [0.25, 0.3) is 0 Å². The number of imidazole rings is 1. The number of H-pyrrole nitrogens is 1. The Bertz CT molecular complexity index is 388. The molecule has 1 aromatic heterocycles. The van der Waals surface area contributed by atoms with Crippen LogP contribution in [0.4, 0.5) is 0 Å². The minimum Gasteiger partial charge on any atom is -0.346 e. The molecule has 0 bridgehead atoms. The molecule has 1 saturated carbocycles. The molecular formula is C16H26N2. The van der Waals surface area contributed by atoms with Gasteiger partial charge in [-0.05, 0) is 37.5 Å². The second kappa shape index (κ2) is 5.46. The van der Waals surface area contributed by atoms with Crippen molar-refractivity contribution in [3.8, 4) is 0 Å². The van der Waals surface area contributed by atoms with Crippen LogP contribution >= 0.6 is 0 Å². The third-order valence-electron chi connectivity index (χ3n) is 4.85. The summed E-state index contributed by atoms with van der Waals surface area (Å²) in [5.41, 5.74) is 2.80. The van der Waals surface area contributed by atoms with Crippen molar-refractivity contribution in [2.24, 2.45) is 11.8 Å². The second-order valence-corrected chi connectivity index (χ2v) is 6.50. The van der Waals surface area contributed by atoms with Crippen LogP contribution in [0.2, 0.25) is 0 Å². The molecule has 1 unspecified atom stereocenters. The van der Waals surface area contributed by atoms with Gasteiger partial charge >= 0.3 is 0 Å². The predicted molar refractivity (Wildman–Crippen MR) is 74.7 cm³/mol. The summed E-state index contributed by atoms with van der Waals surface area (Å²) in [6.45, 7) is 2.35. The fourth-order valence-electron chi connectivity index (χ4n) is 3.65. The maximum absolute atomic E-state index is 4.81. The van der Waals surface area contributed by atoms with Gasteiger partial charge in [0.1, 0.15) is 5.82 Å². The van der Waals surface area contributed by atoms with Crippen molar-refractivity contribution < 1.29 is 0 Å². The molecule has 18 heavy (non-hydrogen) atoms. The van der Waals surface area contributed by atoms with Crippen LogP contribution in [0.1, 0.15) is 69.1 Å². The van der Waals surface area contributed by atoms with E-state index in [0.717, 1.165) is 11.8 Å². The van der Waals surface area contributed by atoms with Crippen LogP contribution in [0, 0.1) is 11.8 Å². The van der Waals surface area contributed by atoms with Gasteiger partial charge in [0.05, 0.1) is 5.69 Å². The van der Waals surface area contributed by atoms with Gasteiger partial charge in [-0.1, -0.05) is 39.0 Å². The number of aryl methyl sites for hydroxylation is 2. The zero-order valence-corrected chi connectivity index (χ0v) is 11.7. The van der Waals surface area contributed by atoms with Gasteiger partial charge < -0.3 is 4.98 Å². The number of rotatable bonds is 3. The highest BCUT2D eigenvalue weighted by molar-refractivity contribution is 5.18. The molecule has 0 saturated heterocycles. The molecule has 0 aromatic carbocycles. The van der Waals surface area contributed by atoms with Gasteiger partial charge in [-0.15, -0.1) is 0 Å². The van der Waals surface area contributed by atoms with Crippen molar-refractivity contribution in [1.82, 2.24) is 9.97 Å². The molecule has 2 heteroatoms. The Hall–Kier alpha value is -0.790. The van der Waals surface area contributed by atoms with Crippen molar-refractivity contribution >= 4 is 0 Å². The Balaban J connectivity index is 1.56. The molecule has 2 nitrogen and oxygen atoms in total. The van der Waals surface area contributed by atoms with Gasteiger partial charge in [0, 0.05) is 12.1 Å². The van der Waals surface area contributed by atoms with Crippen molar-refractivity contribution in [3.63, 3.8) is 0 Å². The van der Waals surface area contributed by atoms with Crippen molar-refractivity contribution in [2.75, 3.05) is 0 Å². The lowest BCUT2D eigenvalue weighted by Gasteiger charge is -2.20. The van der Waals surface area contributed by atoms with E-state index in [-0.39, 0.29) is 0 Å². The highest BCUT2D eigenvalue weighted by Crippen LogP contribution is 2.28. The van der Waals surface area contributed by atoms with Gasteiger partial charge in [-0.3, -0.25) is 0 Å². The first-order valence-electron chi connectivity index (χ1n) is 7.88. The highest BCUT2D eigenvalue weighted by atomic mass is 14.9. The average Bonchev–Trinajstić information content (AvgIpc) is 2.79. The van der Waals surface area contributed by atoms with E-state index in [2.05, 4.69) is 11.9 Å². The average molecular weight is 246 g/mol. The molecule has 0 aliphatic heterocycles. The van der Waals surface area contributed by atoms with E-state index in [1.807, 2.05) is 0 Å². The quantitative estimate of drug-likeness (QED) is 0.856. The molecule has 1 fully saturated rings. The van der Waals surface area contributed by atoms with E-state index in [1.165, 1.54) is 81.4 Å². The first-order chi connectivity index (χ1) is 8.81. The minimum atomic E-state index is 0.837. The summed E-state index contributed by atoms with van der Waals surface area (Å²) in [6.07, 6.45) is 13.5. The lowest BCUT2D eigenvalue weighted by atomic mass is 9.86. The minimum absolute atomic E-state index is 0.837. The van der Waals surface area contributed by atoms with Gasteiger partial charge in [0.15, 0.2) is 0 Å². The van der Waals surface area contributed by atoms with Crippen LogP contribution in [-0.2, 0) is 19.3 Å². The lowest BCUT2D eigenvalue weighted by molar-refractivity contribution is 0.337. The van der Waals surface area contributed by atoms with Gasteiger partial charge in [-0.2, -0.15) is 0 Å². The third-order valence-corrected chi connectivity index (χ3v) is 4.85. The Labute approximate surface area is 111 Å². The second-order valence-electron chi connectivity index (χ2n) is 6.50. The zero-order chi connectivity index (χ0) is 12.4. The summed E-state index contributed by atoms with van der Waals surface area (Å²) >= 11 is 0. The van der Waals surface area contributed by atoms with E-state index in [1.54, 1.807) is 0 Å². The third kappa shape index (κ3) is 2.78. The summed E-state index contributed by atoms with van der Waals surface area (Å²) in [7, 11) is 0. The number of hydrogen-bond acceptors (Lipinski definition) is 1. The van der Waals surface area contributed by atoms with Crippen LogP contribution < -0.4 is 0 Å². The van der Waals surface area contributed by atoms with E-state index >= 15 is 0 Å². The van der Waals surface area contributed by atoms with E-state index < -0.39 is 0 Å². The number of aromatic nitrogens is 2. The fraction of sp³-hybridized carbons (Fsp3) is 0.812. The Morgan fingerprint density at radius 1 is 1.17 bits per heavy atom. The summed E-state index contributed by atoms with van der Waals surface area (Å²) in [6, 6.07) is 0. The molecular weight excluding hydrogens is 220 g/mol. The van der Waals surface area contributed by atoms with Crippen LogP contribution in [0.3, 0.4) is 0 Å².